The summed E-state index contributed by atoms with van der Waals surface area (Å²) in [7, 11) is 1.59. The Balaban J connectivity index is 3.14. The molecule has 0 aliphatic heterocycles. The van der Waals surface area contributed by atoms with Crippen LogP contribution in [0.4, 0.5) is 8.78 Å². The normalized spacial score (nSPS) is 10.2. The van der Waals surface area contributed by atoms with Crippen LogP contribution >= 0.6 is 0 Å². The van der Waals surface area contributed by atoms with Crippen molar-refractivity contribution in [3.63, 3.8) is 0 Å². The molecular weight excluding hydrogens is 164 g/mol. The van der Waals surface area contributed by atoms with Crippen molar-refractivity contribution in [2.45, 2.75) is 6.54 Å². The van der Waals surface area contributed by atoms with Crippen LogP contribution in [-0.4, -0.2) is 12.2 Å². The molecule has 12 heavy (non-hydrogen) atoms. The Morgan fingerprint density at radius 1 is 1.42 bits per heavy atom. The minimum Gasteiger partial charge on any atom is -0.508 e. The SMILES string of the molecule is CNCc1c(O)ccc(F)c1F. The molecule has 0 fully saturated rings. The lowest BCUT2D eigenvalue weighted by molar-refractivity contribution is 0.438. The molecule has 0 aliphatic carbocycles. The second-order valence-corrected chi connectivity index (χ2v) is 2.39. The molecule has 0 atom stereocenters. The third-order valence-electron chi connectivity index (χ3n) is 1.52. The van der Waals surface area contributed by atoms with E-state index in [1.807, 2.05) is 0 Å². The van der Waals surface area contributed by atoms with E-state index in [0.29, 0.717) is 0 Å². The van der Waals surface area contributed by atoms with Gasteiger partial charge in [-0.1, -0.05) is 0 Å². The number of benzene rings is 1. The average Bonchev–Trinajstić information content (AvgIpc) is 2.06. The Morgan fingerprint density at radius 3 is 2.67 bits per heavy atom. The molecule has 1 rings (SSSR count). The third kappa shape index (κ3) is 1.53. The molecule has 0 bridgehead atoms. The van der Waals surface area contributed by atoms with Gasteiger partial charge in [0.15, 0.2) is 11.6 Å². The predicted octanol–water partition coefficient (Wildman–Crippen LogP) is 1.39. The molecule has 2 N–H and O–H groups in total. The van der Waals surface area contributed by atoms with Crippen molar-refractivity contribution in [1.29, 1.82) is 0 Å². The van der Waals surface area contributed by atoms with Crippen LogP contribution in [0, 0.1) is 11.6 Å². The molecule has 0 saturated carbocycles. The monoisotopic (exact) mass is 173 g/mol. The number of hydrogen-bond acceptors (Lipinski definition) is 2. The fourth-order valence-corrected chi connectivity index (χ4v) is 0.927. The first-order valence-corrected chi connectivity index (χ1v) is 3.47. The summed E-state index contributed by atoms with van der Waals surface area (Å²) in [5.74, 6) is -2.18. The second-order valence-electron chi connectivity index (χ2n) is 2.39. The zero-order valence-electron chi connectivity index (χ0n) is 6.56. The standard InChI is InChI=1S/C8H9F2NO/c1-11-4-5-7(12)3-2-6(9)8(5)10/h2-3,11-12H,4H2,1H3. The van der Waals surface area contributed by atoms with Crippen molar-refractivity contribution in [1.82, 2.24) is 5.32 Å². The lowest BCUT2D eigenvalue weighted by atomic mass is 10.2. The van der Waals surface area contributed by atoms with Gasteiger partial charge in [-0.2, -0.15) is 0 Å². The van der Waals surface area contributed by atoms with E-state index in [4.69, 9.17) is 5.11 Å². The van der Waals surface area contributed by atoms with E-state index in [1.54, 1.807) is 7.05 Å². The second kappa shape index (κ2) is 3.49. The van der Waals surface area contributed by atoms with Gasteiger partial charge in [-0.15, -0.1) is 0 Å². The number of phenolic OH excluding ortho intramolecular Hbond substituents is 1. The summed E-state index contributed by atoms with van der Waals surface area (Å²) in [6.07, 6.45) is 0. The van der Waals surface area contributed by atoms with Gasteiger partial charge >= 0.3 is 0 Å². The predicted molar refractivity (Wildman–Crippen MR) is 40.8 cm³/mol. The molecule has 0 amide bonds. The maximum absolute atomic E-state index is 12.9. The summed E-state index contributed by atoms with van der Waals surface area (Å²) < 4.78 is 25.4. The summed E-state index contributed by atoms with van der Waals surface area (Å²) in [5.41, 5.74) is -0.0440. The zero-order chi connectivity index (χ0) is 9.14. The van der Waals surface area contributed by atoms with Crippen LogP contribution in [0.5, 0.6) is 5.75 Å². The number of nitrogens with one attached hydrogen (secondary N) is 1. The summed E-state index contributed by atoms with van der Waals surface area (Å²) in [5, 5.41) is 11.7. The van der Waals surface area contributed by atoms with Crippen molar-refractivity contribution in [2.24, 2.45) is 0 Å². The average molecular weight is 173 g/mol. The minimum absolute atomic E-state index is 0.0440. The third-order valence-corrected chi connectivity index (χ3v) is 1.52. The molecule has 1 aromatic carbocycles. The summed E-state index contributed by atoms with van der Waals surface area (Å²) in [4.78, 5) is 0. The van der Waals surface area contributed by atoms with Gasteiger partial charge in [-0.05, 0) is 19.2 Å². The highest BCUT2D eigenvalue weighted by molar-refractivity contribution is 5.33. The Bertz CT molecular complexity index is 289. The van der Waals surface area contributed by atoms with E-state index in [1.165, 1.54) is 0 Å². The molecule has 0 radical (unpaired) electrons. The van der Waals surface area contributed by atoms with Crippen molar-refractivity contribution >= 4 is 0 Å². The lowest BCUT2D eigenvalue weighted by Gasteiger charge is -2.04. The topological polar surface area (TPSA) is 32.3 Å². The van der Waals surface area contributed by atoms with E-state index in [0.717, 1.165) is 12.1 Å². The van der Waals surface area contributed by atoms with Crippen molar-refractivity contribution in [2.75, 3.05) is 7.05 Å². The van der Waals surface area contributed by atoms with Crippen LogP contribution in [0.2, 0.25) is 0 Å². The molecule has 0 heterocycles. The Morgan fingerprint density at radius 2 is 2.08 bits per heavy atom. The van der Waals surface area contributed by atoms with Gasteiger partial charge in [0, 0.05) is 12.1 Å². The van der Waals surface area contributed by atoms with E-state index >= 15 is 0 Å². The number of rotatable bonds is 2. The van der Waals surface area contributed by atoms with Gasteiger partial charge in [-0.3, -0.25) is 0 Å². The summed E-state index contributed by atoms with van der Waals surface area (Å²) in [6, 6.07) is 2.02. The maximum atomic E-state index is 12.9. The molecule has 0 aliphatic rings. The Kier molecular flexibility index (Phi) is 2.60. The highest BCUT2D eigenvalue weighted by Gasteiger charge is 2.11. The van der Waals surface area contributed by atoms with Gasteiger partial charge in [0.1, 0.15) is 5.75 Å². The van der Waals surface area contributed by atoms with E-state index in [-0.39, 0.29) is 17.9 Å². The Labute approximate surface area is 68.8 Å². The molecule has 66 valence electrons. The number of hydrogen-bond donors (Lipinski definition) is 2. The van der Waals surface area contributed by atoms with Crippen LogP contribution in [0.3, 0.4) is 0 Å². The van der Waals surface area contributed by atoms with Gasteiger partial charge < -0.3 is 10.4 Å². The van der Waals surface area contributed by atoms with E-state index in [2.05, 4.69) is 5.32 Å². The molecule has 1 aromatic rings. The zero-order valence-corrected chi connectivity index (χ0v) is 6.56. The molecule has 0 aromatic heterocycles. The quantitative estimate of drug-likeness (QED) is 0.708. The van der Waals surface area contributed by atoms with Gasteiger partial charge in [0.2, 0.25) is 0 Å². The number of halogens is 2. The van der Waals surface area contributed by atoms with Gasteiger partial charge in [0.05, 0.1) is 0 Å². The molecule has 2 nitrogen and oxygen atoms in total. The van der Waals surface area contributed by atoms with Crippen molar-refractivity contribution in [3.8, 4) is 5.75 Å². The molecule has 4 heteroatoms. The first kappa shape index (κ1) is 8.93. The van der Waals surface area contributed by atoms with Crippen molar-refractivity contribution < 1.29 is 13.9 Å². The smallest absolute Gasteiger partial charge is 0.167 e. The Hall–Kier alpha value is -1.16. The van der Waals surface area contributed by atoms with Gasteiger partial charge in [-0.25, -0.2) is 8.78 Å². The summed E-state index contributed by atoms with van der Waals surface area (Å²) >= 11 is 0. The molecular formula is C8H9F2NO. The first-order chi connectivity index (χ1) is 5.66. The van der Waals surface area contributed by atoms with Crippen molar-refractivity contribution in [3.05, 3.63) is 29.3 Å². The van der Waals surface area contributed by atoms with Crippen LogP contribution in [0.25, 0.3) is 0 Å². The van der Waals surface area contributed by atoms with E-state index < -0.39 is 11.6 Å². The first-order valence-electron chi connectivity index (χ1n) is 3.47. The molecule has 0 spiro atoms. The van der Waals surface area contributed by atoms with Crippen LogP contribution in [0.1, 0.15) is 5.56 Å². The highest BCUT2D eigenvalue weighted by Crippen LogP contribution is 2.21. The largest absolute Gasteiger partial charge is 0.508 e. The maximum Gasteiger partial charge on any atom is 0.167 e. The minimum atomic E-state index is -0.996. The highest BCUT2D eigenvalue weighted by atomic mass is 19.2. The summed E-state index contributed by atoms with van der Waals surface area (Å²) in [6.45, 7) is 0.107. The number of aromatic hydroxyl groups is 1. The van der Waals surface area contributed by atoms with Crippen LogP contribution in [-0.2, 0) is 6.54 Å². The van der Waals surface area contributed by atoms with Crippen LogP contribution in [0.15, 0.2) is 12.1 Å². The van der Waals surface area contributed by atoms with E-state index in [9.17, 15) is 8.78 Å². The molecule has 0 unspecified atom stereocenters. The lowest BCUT2D eigenvalue weighted by Crippen LogP contribution is -2.08. The molecule has 0 saturated heterocycles. The fraction of sp³-hybridized carbons (Fsp3) is 0.250. The van der Waals surface area contributed by atoms with Crippen LogP contribution < -0.4 is 5.32 Å². The fourth-order valence-electron chi connectivity index (χ4n) is 0.927. The number of phenols is 1. The van der Waals surface area contributed by atoms with Gasteiger partial charge in [0.25, 0.3) is 0 Å².